The summed E-state index contributed by atoms with van der Waals surface area (Å²) in [7, 11) is 0. The van der Waals surface area contributed by atoms with Crippen LogP contribution in [0.3, 0.4) is 0 Å². The van der Waals surface area contributed by atoms with Crippen LogP contribution in [0.5, 0.6) is 0 Å². The van der Waals surface area contributed by atoms with E-state index in [9.17, 15) is 4.39 Å². The van der Waals surface area contributed by atoms with Crippen molar-refractivity contribution in [1.82, 2.24) is 25.2 Å². The molecule has 0 radical (unpaired) electrons. The fraction of sp³-hybridized carbons (Fsp3) is 0.263. The monoisotopic (exact) mass is 337 g/mol. The number of halogens is 1. The molecule has 2 heterocycles. The lowest BCUT2D eigenvalue weighted by atomic mass is 10.0. The molecule has 0 saturated carbocycles. The molecular formula is C19H20FN5. The minimum absolute atomic E-state index is 0.131. The first-order valence-corrected chi connectivity index (χ1v) is 8.46. The number of hydrogen-bond donors (Lipinski definition) is 1. The lowest BCUT2D eigenvalue weighted by Gasteiger charge is -2.36. The Morgan fingerprint density at radius 3 is 2.84 bits per heavy atom. The topological polar surface area (TPSA) is 46.0 Å². The largest absolute Gasteiger partial charge is 0.314 e. The van der Waals surface area contributed by atoms with Gasteiger partial charge in [-0.25, -0.2) is 4.39 Å². The number of rotatable bonds is 4. The fourth-order valence-electron chi connectivity index (χ4n) is 3.24. The van der Waals surface area contributed by atoms with E-state index in [1.165, 1.54) is 6.07 Å². The molecule has 25 heavy (non-hydrogen) atoms. The number of nitrogens with one attached hydrogen (secondary N) is 1. The zero-order chi connectivity index (χ0) is 17.1. The number of nitrogens with zero attached hydrogens (tertiary/aromatic N) is 4. The molecule has 0 aliphatic carbocycles. The van der Waals surface area contributed by atoms with E-state index >= 15 is 0 Å². The van der Waals surface area contributed by atoms with Gasteiger partial charge in [0.05, 0.1) is 17.6 Å². The SMILES string of the molecule is Fc1cccc(C2CNCCN2Cc2cnn(-c3ccccc3)n2)c1. The molecule has 0 amide bonds. The van der Waals surface area contributed by atoms with Gasteiger partial charge in [0.2, 0.25) is 0 Å². The summed E-state index contributed by atoms with van der Waals surface area (Å²) in [4.78, 5) is 3.97. The van der Waals surface area contributed by atoms with Crippen molar-refractivity contribution >= 4 is 0 Å². The van der Waals surface area contributed by atoms with Gasteiger partial charge in [-0.05, 0) is 29.8 Å². The second-order valence-electron chi connectivity index (χ2n) is 6.21. The van der Waals surface area contributed by atoms with Crippen LogP contribution in [0.15, 0.2) is 60.8 Å². The summed E-state index contributed by atoms with van der Waals surface area (Å²) in [5.41, 5.74) is 2.84. The number of aromatic nitrogens is 3. The molecule has 1 aliphatic rings. The van der Waals surface area contributed by atoms with E-state index in [0.29, 0.717) is 6.54 Å². The van der Waals surface area contributed by atoms with Crippen molar-refractivity contribution in [2.75, 3.05) is 19.6 Å². The van der Waals surface area contributed by atoms with Gasteiger partial charge in [0.1, 0.15) is 5.82 Å². The minimum Gasteiger partial charge on any atom is -0.314 e. The minimum atomic E-state index is -0.196. The molecule has 6 heteroatoms. The van der Waals surface area contributed by atoms with E-state index in [0.717, 1.165) is 36.6 Å². The lowest BCUT2D eigenvalue weighted by Crippen LogP contribution is -2.45. The highest BCUT2D eigenvalue weighted by Crippen LogP contribution is 2.24. The van der Waals surface area contributed by atoms with Gasteiger partial charge < -0.3 is 5.32 Å². The summed E-state index contributed by atoms with van der Waals surface area (Å²) in [5.74, 6) is -0.196. The maximum atomic E-state index is 13.6. The Kier molecular flexibility index (Phi) is 4.54. The van der Waals surface area contributed by atoms with E-state index in [1.54, 1.807) is 23.1 Å². The van der Waals surface area contributed by atoms with Crippen LogP contribution in [0, 0.1) is 5.82 Å². The van der Waals surface area contributed by atoms with E-state index in [2.05, 4.69) is 20.4 Å². The Balaban J connectivity index is 1.53. The highest BCUT2D eigenvalue weighted by atomic mass is 19.1. The molecule has 1 unspecified atom stereocenters. The standard InChI is InChI=1S/C19H20FN5/c20-16-6-4-5-15(11-16)19-13-21-9-10-24(19)14-17-12-22-25(23-17)18-7-2-1-3-8-18/h1-8,11-12,19,21H,9-10,13-14H2. The van der Waals surface area contributed by atoms with Crippen LogP contribution in [0.25, 0.3) is 5.69 Å². The Morgan fingerprint density at radius 2 is 2.00 bits per heavy atom. The van der Waals surface area contributed by atoms with Crippen LogP contribution < -0.4 is 5.32 Å². The third-order valence-corrected chi connectivity index (χ3v) is 4.48. The molecule has 4 rings (SSSR count). The van der Waals surface area contributed by atoms with E-state index < -0.39 is 0 Å². The molecule has 3 aromatic rings. The summed E-state index contributed by atoms with van der Waals surface area (Å²) in [6.07, 6.45) is 1.80. The van der Waals surface area contributed by atoms with Crippen molar-refractivity contribution in [3.63, 3.8) is 0 Å². The first kappa shape index (κ1) is 15.9. The summed E-state index contributed by atoms with van der Waals surface area (Å²) >= 11 is 0. The number of hydrogen-bond acceptors (Lipinski definition) is 4. The molecule has 128 valence electrons. The van der Waals surface area contributed by atoms with Crippen LogP contribution >= 0.6 is 0 Å². The lowest BCUT2D eigenvalue weighted by molar-refractivity contribution is 0.151. The van der Waals surface area contributed by atoms with Gasteiger partial charge in [-0.3, -0.25) is 4.90 Å². The quantitative estimate of drug-likeness (QED) is 0.795. The van der Waals surface area contributed by atoms with Crippen molar-refractivity contribution < 1.29 is 4.39 Å². The average Bonchev–Trinajstić information content (AvgIpc) is 3.11. The molecule has 0 bridgehead atoms. The number of benzene rings is 2. The van der Waals surface area contributed by atoms with E-state index in [1.807, 2.05) is 36.4 Å². The van der Waals surface area contributed by atoms with Crippen molar-refractivity contribution in [3.05, 3.63) is 77.9 Å². The van der Waals surface area contributed by atoms with Crippen molar-refractivity contribution in [2.24, 2.45) is 0 Å². The van der Waals surface area contributed by atoms with Gasteiger partial charge in [0.25, 0.3) is 0 Å². The second kappa shape index (κ2) is 7.13. The van der Waals surface area contributed by atoms with Crippen LogP contribution in [0.4, 0.5) is 4.39 Å². The molecule has 1 N–H and O–H groups in total. The van der Waals surface area contributed by atoms with Crippen molar-refractivity contribution in [2.45, 2.75) is 12.6 Å². The van der Waals surface area contributed by atoms with Crippen LogP contribution in [0.1, 0.15) is 17.3 Å². The molecule has 1 atom stereocenters. The van der Waals surface area contributed by atoms with Crippen LogP contribution in [-0.4, -0.2) is 39.5 Å². The molecule has 2 aromatic carbocycles. The second-order valence-corrected chi connectivity index (χ2v) is 6.21. The van der Waals surface area contributed by atoms with E-state index in [-0.39, 0.29) is 11.9 Å². The van der Waals surface area contributed by atoms with Crippen molar-refractivity contribution in [3.8, 4) is 5.69 Å². The summed E-state index contributed by atoms with van der Waals surface area (Å²) in [6.45, 7) is 3.30. The zero-order valence-electron chi connectivity index (χ0n) is 13.8. The zero-order valence-corrected chi connectivity index (χ0v) is 13.8. The first-order valence-electron chi connectivity index (χ1n) is 8.46. The van der Waals surface area contributed by atoms with Gasteiger partial charge in [-0.1, -0.05) is 30.3 Å². The normalized spacial score (nSPS) is 18.4. The van der Waals surface area contributed by atoms with Gasteiger partial charge in [-0.2, -0.15) is 15.0 Å². The maximum absolute atomic E-state index is 13.6. The predicted octanol–water partition coefficient (Wildman–Crippen LogP) is 2.55. The summed E-state index contributed by atoms with van der Waals surface area (Å²) in [6, 6.07) is 16.8. The molecule has 5 nitrogen and oxygen atoms in total. The molecule has 1 aromatic heterocycles. The third-order valence-electron chi connectivity index (χ3n) is 4.48. The Morgan fingerprint density at radius 1 is 1.12 bits per heavy atom. The van der Waals surface area contributed by atoms with Crippen LogP contribution in [0.2, 0.25) is 0 Å². The van der Waals surface area contributed by atoms with Gasteiger partial charge in [0.15, 0.2) is 0 Å². The maximum Gasteiger partial charge on any atom is 0.123 e. The molecule has 1 fully saturated rings. The van der Waals surface area contributed by atoms with Crippen molar-refractivity contribution in [1.29, 1.82) is 0 Å². The number of para-hydroxylation sites is 1. The van der Waals surface area contributed by atoms with Gasteiger partial charge in [0, 0.05) is 32.2 Å². The predicted molar refractivity (Wildman–Crippen MR) is 93.8 cm³/mol. The molecule has 0 spiro atoms. The fourth-order valence-corrected chi connectivity index (χ4v) is 3.24. The highest BCUT2D eigenvalue weighted by molar-refractivity contribution is 5.28. The molecule has 1 saturated heterocycles. The van der Waals surface area contributed by atoms with Gasteiger partial charge in [-0.15, -0.1) is 0 Å². The Hall–Kier alpha value is -2.57. The Bertz CT molecular complexity index is 833. The smallest absolute Gasteiger partial charge is 0.123 e. The number of piperazine rings is 1. The molecule has 1 aliphatic heterocycles. The van der Waals surface area contributed by atoms with Crippen LogP contribution in [-0.2, 0) is 6.54 Å². The third kappa shape index (κ3) is 3.60. The first-order chi connectivity index (χ1) is 12.3. The van der Waals surface area contributed by atoms with Gasteiger partial charge >= 0.3 is 0 Å². The highest BCUT2D eigenvalue weighted by Gasteiger charge is 2.25. The molecular weight excluding hydrogens is 317 g/mol. The average molecular weight is 337 g/mol. The Labute approximate surface area is 146 Å². The van der Waals surface area contributed by atoms with E-state index in [4.69, 9.17) is 0 Å². The summed E-state index contributed by atoms with van der Waals surface area (Å²) in [5, 5.41) is 12.4. The summed E-state index contributed by atoms with van der Waals surface area (Å²) < 4.78 is 13.6.